The van der Waals surface area contributed by atoms with Crippen molar-refractivity contribution >= 4 is 7.82 Å². The number of likely N-dealkylation sites (tertiary alicyclic amines) is 3. The molecular formula is C27H54N3O7P. The Labute approximate surface area is 230 Å². The third-order valence-corrected chi connectivity index (χ3v) is 12.7. The van der Waals surface area contributed by atoms with E-state index >= 15 is 0 Å². The van der Waals surface area contributed by atoms with Crippen LogP contribution in [0.3, 0.4) is 0 Å². The topological polar surface area (TPSA) is 115 Å². The second-order valence-electron chi connectivity index (χ2n) is 13.7. The predicted molar refractivity (Wildman–Crippen MR) is 147 cm³/mol. The molecule has 3 saturated heterocycles. The first-order valence-electron chi connectivity index (χ1n) is 14.0. The van der Waals surface area contributed by atoms with Crippen molar-refractivity contribution in [2.24, 2.45) is 17.8 Å². The van der Waals surface area contributed by atoms with Crippen LogP contribution in [0.15, 0.2) is 0 Å². The lowest BCUT2D eigenvalue weighted by molar-refractivity contribution is -0.181. The minimum atomic E-state index is -4.30. The van der Waals surface area contributed by atoms with Gasteiger partial charge in [-0.1, -0.05) is 20.8 Å². The molecule has 0 aromatic rings. The lowest BCUT2D eigenvalue weighted by atomic mass is 9.78. The molecule has 38 heavy (non-hydrogen) atoms. The van der Waals surface area contributed by atoms with Crippen LogP contribution >= 0.6 is 7.82 Å². The minimum absolute atomic E-state index is 0.0302. The fraction of sp³-hybridized carbons (Fsp3) is 1.00. The van der Waals surface area contributed by atoms with Gasteiger partial charge in [-0.2, -0.15) is 0 Å². The number of nitrogens with zero attached hydrogens (tertiary/aromatic N) is 3. The molecule has 3 aliphatic heterocycles. The first kappa shape index (κ1) is 32.4. The molecule has 0 bridgehead atoms. The highest BCUT2D eigenvalue weighted by Gasteiger charge is 2.53. The zero-order chi connectivity index (χ0) is 29.2. The van der Waals surface area contributed by atoms with Crippen LogP contribution in [0.4, 0.5) is 0 Å². The Bertz CT molecular complexity index is 777. The van der Waals surface area contributed by atoms with Crippen LogP contribution in [0, 0.1) is 17.8 Å². The Balaban J connectivity index is 1.95. The fourth-order valence-electron chi connectivity index (χ4n) is 6.06. The number of phosphoric acid groups is 1. The maximum absolute atomic E-state index is 14.7. The van der Waals surface area contributed by atoms with Crippen LogP contribution in [0.1, 0.15) is 81.6 Å². The normalized spacial score (nSPS) is 44.0. The van der Waals surface area contributed by atoms with Gasteiger partial charge in [-0.3, -0.25) is 28.3 Å². The van der Waals surface area contributed by atoms with Crippen LogP contribution in [0.25, 0.3) is 0 Å². The first-order chi connectivity index (χ1) is 17.2. The molecular weight excluding hydrogens is 509 g/mol. The lowest BCUT2D eigenvalue weighted by Crippen LogP contribution is -2.62. The van der Waals surface area contributed by atoms with E-state index in [1.807, 2.05) is 98.2 Å². The molecule has 0 aromatic carbocycles. The SMILES string of the molecule is CC1C(O)CC(OP(=O)(OC2CC(O)C(C)C(C)(C)N2C)OC2CC(O)C(C)C(C)(C)N2C)N(C)C1(C)C. The summed E-state index contributed by atoms with van der Waals surface area (Å²) < 4.78 is 33.5. The Morgan fingerprint density at radius 3 is 1.00 bits per heavy atom. The Morgan fingerprint density at radius 2 is 0.789 bits per heavy atom. The summed E-state index contributed by atoms with van der Waals surface area (Å²) in [6, 6.07) is 0. The van der Waals surface area contributed by atoms with Gasteiger partial charge in [-0.15, -0.1) is 0 Å². The quantitative estimate of drug-likeness (QED) is 0.415. The van der Waals surface area contributed by atoms with Crippen LogP contribution in [0.5, 0.6) is 0 Å². The average molecular weight is 564 g/mol. The second-order valence-corrected chi connectivity index (χ2v) is 15.2. The maximum Gasteiger partial charge on any atom is 0.479 e. The molecule has 0 amide bonds. The Hall–Kier alpha value is -0.130. The number of hydrogen-bond acceptors (Lipinski definition) is 10. The molecule has 9 unspecified atom stereocenters. The van der Waals surface area contributed by atoms with E-state index in [-0.39, 0.29) is 37.0 Å². The summed E-state index contributed by atoms with van der Waals surface area (Å²) in [4.78, 5) is 5.92. The summed E-state index contributed by atoms with van der Waals surface area (Å²) in [5, 5.41) is 32.5. The standard InChI is InChI=1S/C27H54N3O7P/c1-16-19(31)13-22(28(10)25(16,4)5)35-38(34,36-23-14-20(32)17(2)26(6,7)29(23)11)37-24-15-21(33)18(3)27(8,9)30(24)12/h16-24,31-33H,13-15H2,1-12H3. The van der Waals surface area contributed by atoms with Gasteiger partial charge in [0.05, 0.1) is 18.3 Å². The van der Waals surface area contributed by atoms with Gasteiger partial charge >= 0.3 is 7.82 Å². The van der Waals surface area contributed by atoms with E-state index in [9.17, 15) is 19.9 Å². The van der Waals surface area contributed by atoms with Crippen molar-refractivity contribution in [2.75, 3.05) is 21.1 Å². The van der Waals surface area contributed by atoms with Crippen molar-refractivity contribution in [3.63, 3.8) is 0 Å². The molecule has 3 fully saturated rings. The third-order valence-electron chi connectivity index (χ3n) is 11.2. The molecule has 0 radical (unpaired) electrons. The van der Waals surface area contributed by atoms with E-state index in [4.69, 9.17) is 13.6 Å². The van der Waals surface area contributed by atoms with E-state index in [0.29, 0.717) is 0 Å². The minimum Gasteiger partial charge on any atom is -0.393 e. The molecule has 224 valence electrons. The van der Waals surface area contributed by atoms with Gasteiger partial charge in [0.15, 0.2) is 0 Å². The van der Waals surface area contributed by atoms with Crippen LogP contribution in [-0.2, 0) is 18.1 Å². The van der Waals surface area contributed by atoms with E-state index in [1.54, 1.807) is 0 Å². The molecule has 3 N–H and O–H groups in total. The zero-order valence-electron chi connectivity index (χ0n) is 25.6. The smallest absolute Gasteiger partial charge is 0.393 e. The third kappa shape index (κ3) is 5.78. The van der Waals surface area contributed by atoms with Crippen LogP contribution < -0.4 is 0 Å². The highest BCUT2D eigenvalue weighted by atomic mass is 31.2. The molecule has 11 heteroatoms. The van der Waals surface area contributed by atoms with Crippen molar-refractivity contribution < 1.29 is 33.5 Å². The summed E-state index contributed by atoms with van der Waals surface area (Å²) in [5.41, 5.74) is -1.30. The van der Waals surface area contributed by atoms with Crippen molar-refractivity contribution in [3.8, 4) is 0 Å². The molecule has 10 nitrogen and oxygen atoms in total. The summed E-state index contributed by atoms with van der Waals surface area (Å²) in [6.07, 6.45) is -3.40. The number of aliphatic hydroxyl groups excluding tert-OH is 3. The van der Waals surface area contributed by atoms with E-state index < -0.39 is 61.4 Å². The maximum atomic E-state index is 14.7. The van der Waals surface area contributed by atoms with Gasteiger partial charge in [-0.05, 0) is 62.7 Å². The van der Waals surface area contributed by atoms with E-state index in [1.165, 1.54) is 0 Å². The van der Waals surface area contributed by atoms with Gasteiger partial charge in [0.2, 0.25) is 0 Å². The van der Waals surface area contributed by atoms with Crippen molar-refractivity contribution in [2.45, 2.75) is 135 Å². The molecule has 0 aromatic heterocycles. The lowest BCUT2D eigenvalue weighted by Gasteiger charge is -2.54. The fourth-order valence-corrected chi connectivity index (χ4v) is 7.78. The number of aliphatic hydroxyl groups is 3. The summed E-state index contributed by atoms with van der Waals surface area (Å²) in [5.74, 6) is -0.0906. The molecule has 3 heterocycles. The highest BCUT2D eigenvalue weighted by Crippen LogP contribution is 2.58. The molecule has 0 saturated carbocycles. The largest absolute Gasteiger partial charge is 0.479 e. The van der Waals surface area contributed by atoms with Gasteiger partial charge in [0, 0.05) is 53.6 Å². The number of hydrogen-bond donors (Lipinski definition) is 3. The van der Waals surface area contributed by atoms with Crippen LogP contribution in [0.2, 0.25) is 0 Å². The van der Waals surface area contributed by atoms with Gasteiger partial charge in [-0.25, -0.2) is 4.57 Å². The summed E-state index contributed by atoms with van der Waals surface area (Å²) in [6.45, 7) is 18.1. The molecule has 0 spiro atoms. The Morgan fingerprint density at radius 1 is 0.579 bits per heavy atom. The Kier molecular flexibility index (Phi) is 9.32. The molecule has 3 rings (SSSR count). The average Bonchev–Trinajstić information content (AvgIpc) is 2.81. The zero-order valence-corrected chi connectivity index (χ0v) is 26.5. The van der Waals surface area contributed by atoms with E-state index in [0.717, 1.165) is 0 Å². The van der Waals surface area contributed by atoms with Crippen molar-refractivity contribution in [1.82, 2.24) is 14.7 Å². The highest BCUT2D eigenvalue weighted by molar-refractivity contribution is 7.48. The van der Waals surface area contributed by atoms with Gasteiger partial charge in [0.1, 0.15) is 18.7 Å². The number of piperidine rings is 3. The predicted octanol–water partition coefficient (Wildman–Crippen LogP) is 3.46. The molecule has 3 aliphatic rings. The van der Waals surface area contributed by atoms with Crippen LogP contribution in [-0.4, -0.2) is 105 Å². The number of phosphoric ester groups is 1. The molecule has 0 aliphatic carbocycles. The van der Waals surface area contributed by atoms with Crippen molar-refractivity contribution in [1.29, 1.82) is 0 Å². The first-order valence-corrected chi connectivity index (χ1v) is 15.5. The van der Waals surface area contributed by atoms with Gasteiger partial charge in [0.25, 0.3) is 0 Å². The summed E-state index contributed by atoms with van der Waals surface area (Å²) >= 11 is 0. The van der Waals surface area contributed by atoms with Crippen molar-refractivity contribution in [3.05, 3.63) is 0 Å². The number of rotatable bonds is 6. The second kappa shape index (κ2) is 10.9. The monoisotopic (exact) mass is 563 g/mol. The molecule has 9 atom stereocenters. The summed E-state index contributed by atoms with van der Waals surface area (Å²) in [7, 11) is 1.36. The van der Waals surface area contributed by atoms with Gasteiger partial charge < -0.3 is 15.3 Å². The van der Waals surface area contributed by atoms with E-state index in [2.05, 4.69) is 0 Å².